The van der Waals surface area contributed by atoms with Crippen molar-refractivity contribution in [3.8, 4) is 0 Å². The topological polar surface area (TPSA) is 15.3 Å². The Hall–Kier alpha value is -1.58. The molecular formula is C17H18ClFN2. The van der Waals surface area contributed by atoms with Crippen molar-refractivity contribution in [3.63, 3.8) is 0 Å². The van der Waals surface area contributed by atoms with Gasteiger partial charge in [0.25, 0.3) is 0 Å². The van der Waals surface area contributed by atoms with E-state index in [1.807, 2.05) is 18.2 Å². The monoisotopic (exact) mass is 304 g/mol. The summed E-state index contributed by atoms with van der Waals surface area (Å²) in [6.07, 6.45) is 0. The Morgan fingerprint density at radius 3 is 2.67 bits per heavy atom. The Bertz CT molecular complexity index is 617. The lowest BCUT2D eigenvalue weighted by Crippen LogP contribution is -2.51. The van der Waals surface area contributed by atoms with E-state index in [4.69, 9.17) is 11.6 Å². The third-order valence-corrected chi connectivity index (χ3v) is 4.22. The summed E-state index contributed by atoms with van der Waals surface area (Å²) in [4.78, 5) is 2.11. The first kappa shape index (κ1) is 14.4. The lowest BCUT2D eigenvalue weighted by atomic mass is 10.0. The average Bonchev–Trinajstić information content (AvgIpc) is 2.51. The van der Waals surface area contributed by atoms with Crippen molar-refractivity contribution >= 4 is 17.3 Å². The van der Waals surface area contributed by atoms with Gasteiger partial charge in [-0.05, 0) is 24.6 Å². The van der Waals surface area contributed by atoms with Crippen LogP contribution in [0, 0.1) is 5.82 Å². The van der Waals surface area contributed by atoms with E-state index >= 15 is 0 Å². The maximum absolute atomic E-state index is 14.4. The molecule has 21 heavy (non-hydrogen) atoms. The van der Waals surface area contributed by atoms with Crippen LogP contribution in [-0.2, 0) is 0 Å². The molecule has 2 atom stereocenters. The van der Waals surface area contributed by atoms with Gasteiger partial charge in [0.05, 0.1) is 16.8 Å². The highest BCUT2D eigenvalue weighted by molar-refractivity contribution is 6.31. The van der Waals surface area contributed by atoms with Crippen LogP contribution in [0.1, 0.15) is 18.5 Å². The number of rotatable bonds is 2. The predicted molar refractivity (Wildman–Crippen MR) is 85.4 cm³/mol. The predicted octanol–water partition coefficient (Wildman–Crippen LogP) is 4.02. The number of nitrogens with zero attached hydrogens (tertiary/aromatic N) is 1. The molecule has 1 N–H and O–H groups in total. The molecule has 1 heterocycles. The van der Waals surface area contributed by atoms with Gasteiger partial charge in [-0.2, -0.15) is 0 Å². The molecule has 2 unspecified atom stereocenters. The summed E-state index contributed by atoms with van der Waals surface area (Å²) in [5, 5.41) is 3.64. The number of benzene rings is 2. The van der Waals surface area contributed by atoms with Crippen molar-refractivity contribution in [2.24, 2.45) is 0 Å². The molecule has 110 valence electrons. The summed E-state index contributed by atoms with van der Waals surface area (Å²) < 4.78 is 14.4. The van der Waals surface area contributed by atoms with E-state index in [0.717, 1.165) is 13.1 Å². The van der Waals surface area contributed by atoms with Crippen LogP contribution in [0.25, 0.3) is 0 Å². The minimum Gasteiger partial charge on any atom is -0.359 e. The molecule has 0 aliphatic carbocycles. The summed E-state index contributed by atoms with van der Waals surface area (Å²) in [5.41, 5.74) is 1.75. The fraction of sp³-hybridized carbons (Fsp3) is 0.294. The van der Waals surface area contributed by atoms with Crippen molar-refractivity contribution < 1.29 is 4.39 Å². The van der Waals surface area contributed by atoms with Gasteiger partial charge >= 0.3 is 0 Å². The third-order valence-electron chi connectivity index (χ3n) is 3.93. The summed E-state index contributed by atoms with van der Waals surface area (Å²) in [5.74, 6) is -0.339. The van der Waals surface area contributed by atoms with Crippen LogP contribution in [0.5, 0.6) is 0 Å². The lowest BCUT2D eigenvalue weighted by Gasteiger charge is -2.41. The van der Waals surface area contributed by atoms with Gasteiger partial charge < -0.3 is 10.2 Å². The average molecular weight is 305 g/mol. The molecule has 2 aromatic rings. The van der Waals surface area contributed by atoms with Crippen LogP contribution >= 0.6 is 11.6 Å². The molecule has 4 heteroatoms. The van der Waals surface area contributed by atoms with Gasteiger partial charge in [0.1, 0.15) is 0 Å². The fourth-order valence-corrected chi connectivity index (χ4v) is 3.03. The van der Waals surface area contributed by atoms with Gasteiger partial charge in [0.2, 0.25) is 0 Å². The fourth-order valence-electron chi connectivity index (χ4n) is 2.86. The number of anilines is 1. The highest BCUT2D eigenvalue weighted by Crippen LogP contribution is 2.33. The smallest absolute Gasteiger partial charge is 0.165 e. The summed E-state index contributed by atoms with van der Waals surface area (Å²) in [6, 6.07) is 15.8. The number of nitrogens with one attached hydrogen (secondary N) is 1. The molecule has 2 aromatic carbocycles. The van der Waals surface area contributed by atoms with Crippen LogP contribution in [0.3, 0.4) is 0 Å². The van der Waals surface area contributed by atoms with Crippen molar-refractivity contribution in [3.05, 3.63) is 64.9 Å². The third kappa shape index (κ3) is 2.89. The molecule has 0 aromatic heterocycles. The van der Waals surface area contributed by atoms with Crippen molar-refractivity contribution in [2.45, 2.75) is 19.0 Å². The Balaban J connectivity index is 2.01. The molecule has 1 fully saturated rings. The molecule has 0 spiro atoms. The molecule has 0 bridgehead atoms. The van der Waals surface area contributed by atoms with E-state index in [2.05, 4.69) is 29.3 Å². The van der Waals surface area contributed by atoms with Gasteiger partial charge in [-0.3, -0.25) is 0 Å². The molecule has 0 radical (unpaired) electrons. The summed E-state index contributed by atoms with van der Waals surface area (Å²) >= 11 is 5.95. The summed E-state index contributed by atoms with van der Waals surface area (Å²) in [7, 11) is 0. The Kier molecular flexibility index (Phi) is 4.13. The zero-order chi connectivity index (χ0) is 14.8. The number of halogens is 2. The normalized spacial score (nSPS) is 22.3. The van der Waals surface area contributed by atoms with Crippen molar-refractivity contribution in [2.75, 3.05) is 18.0 Å². The largest absolute Gasteiger partial charge is 0.359 e. The summed E-state index contributed by atoms with van der Waals surface area (Å²) in [6.45, 7) is 3.64. The highest BCUT2D eigenvalue weighted by atomic mass is 35.5. The quantitative estimate of drug-likeness (QED) is 0.901. The van der Waals surface area contributed by atoms with E-state index in [1.165, 1.54) is 5.56 Å². The first-order valence-corrected chi connectivity index (χ1v) is 7.53. The molecule has 1 saturated heterocycles. The van der Waals surface area contributed by atoms with Crippen LogP contribution in [0.15, 0.2) is 48.5 Å². The Morgan fingerprint density at radius 1 is 1.14 bits per heavy atom. The molecular weight excluding hydrogens is 287 g/mol. The maximum Gasteiger partial charge on any atom is 0.165 e. The van der Waals surface area contributed by atoms with E-state index in [9.17, 15) is 4.39 Å². The number of piperazine rings is 1. The second-order valence-corrected chi connectivity index (χ2v) is 5.87. The molecule has 2 nitrogen and oxygen atoms in total. The van der Waals surface area contributed by atoms with Crippen LogP contribution in [0.4, 0.5) is 10.1 Å². The number of hydrogen-bond donors (Lipinski definition) is 1. The van der Waals surface area contributed by atoms with Crippen LogP contribution in [0.2, 0.25) is 5.02 Å². The minimum atomic E-state index is -0.339. The first-order valence-electron chi connectivity index (χ1n) is 7.16. The molecule has 1 aliphatic rings. The Morgan fingerprint density at radius 2 is 1.90 bits per heavy atom. The molecule has 0 amide bonds. The van der Waals surface area contributed by atoms with Gasteiger partial charge in [-0.25, -0.2) is 4.39 Å². The zero-order valence-corrected chi connectivity index (χ0v) is 12.6. The lowest BCUT2D eigenvalue weighted by molar-refractivity contribution is 0.412. The zero-order valence-electron chi connectivity index (χ0n) is 11.9. The van der Waals surface area contributed by atoms with Crippen LogP contribution < -0.4 is 10.2 Å². The Labute approximate surface area is 129 Å². The maximum atomic E-state index is 14.4. The van der Waals surface area contributed by atoms with Gasteiger partial charge in [-0.15, -0.1) is 0 Å². The van der Waals surface area contributed by atoms with E-state index < -0.39 is 0 Å². The second kappa shape index (κ2) is 6.04. The standard InChI is InChI=1S/C17H18ClFN2/c1-12-11-21(15-9-5-8-14(18)17(15)19)16(10-20-12)13-6-3-2-4-7-13/h2-9,12,16,20H,10-11H2,1H3. The van der Waals surface area contributed by atoms with E-state index in [1.54, 1.807) is 18.2 Å². The molecule has 3 rings (SSSR count). The van der Waals surface area contributed by atoms with Gasteiger partial charge in [0.15, 0.2) is 5.82 Å². The van der Waals surface area contributed by atoms with Gasteiger partial charge in [-0.1, -0.05) is 48.0 Å². The van der Waals surface area contributed by atoms with Crippen molar-refractivity contribution in [1.82, 2.24) is 5.32 Å². The minimum absolute atomic E-state index is 0.107. The number of hydrogen-bond acceptors (Lipinski definition) is 2. The molecule has 0 saturated carbocycles. The highest BCUT2D eigenvalue weighted by Gasteiger charge is 2.29. The molecule has 1 aliphatic heterocycles. The van der Waals surface area contributed by atoms with E-state index in [-0.39, 0.29) is 16.9 Å². The van der Waals surface area contributed by atoms with Gasteiger partial charge in [0, 0.05) is 19.1 Å². The van der Waals surface area contributed by atoms with Crippen molar-refractivity contribution in [1.29, 1.82) is 0 Å². The van der Waals surface area contributed by atoms with E-state index in [0.29, 0.717) is 11.7 Å². The first-order chi connectivity index (χ1) is 10.2. The van der Waals surface area contributed by atoms with Crippen LogP contribution in [-0.4, -0.2) is 19.1 Å². The SMILES string of the molecule is CC1CN(c2cccc(Cl)c2F)C(c2ccccc2)CN1. The second-order valence-electron chi connectivity index (χ2n) is 5.46.